The molecule has 1 unspecified atom stereocenters. The second-order valence-electron chi connectivity index (χ2n) is 5.92. The number of hydrogen-bond acceptors (Lipinski definition) is 2. The number of nitrogens with zero attached hydrogens (tertiary/aromatic N) is 1. The Morgan fingerprint density at radius 1 is 1.00 bits per heavy atom. The molecule has 0 aromatic carbocycles. The summed E-state index contributed by atoms with van der Waals surface area (Å²) in [7, 11) is 6.65. The van der Waals surface area contributed by atoms with Crippen LogP contribution in [-0.4, -0.2) is 37.6 Å². The molecule has 1 aliphatic rings. The topological polar surface area (TPSA) is 15.3 Å². The Hall–Kier alpha value is -0.0800. The summed E-state index contributed by atoms with van der Waals surface area (Å²) in [5.74, 6) is 0.700. The van der Waals surface area contributed by atoms with Crippen LogP contribution in [0.2, 0.25) is 0 Å². The van der Waals surface area contributed by atoms with Gasteiger partial charge in [0.1, 0.15) is 0 Å². The van der Waals surface area contributed by atoms with E-state index in [2.05, 4.69) is 45.2 Å². The van der Waals surface area contributed by atoms with Gasteiger partial charge in [-0.1, -0.05) is 39.5 Å². The number of nitrogens with one attached hydrogen (secondary N) is 1. The van der Waals surface area contributed by atoms with Crippen LogP contribution in [0.25, 0.3) is 0 Å². The summed E-state index contributed by atoms with van der Waals surface area (Å²) in [6, 6.07) is 0.612. The predicted molar refractivity (Wildman–Crippen MR) is 71.8 cm³/mol. The molecular formula is C14H30N2. The maximum Gasteiger partial charge on any atom is 0.0358 e. The van der Waals surface area contributed by atoms with Crippen molar-refractivity contribution in [2.24, 2.45) is 5.92 Å². The van der Waals surface area contributed by atoms with Crippen molar-refractivity contribution in [2.45, 2.75) is 64.0 Å². The number of rotatable bonds is 4. The molecule has 0 heterocycles. The summed E-state index contributed by atoms with van der Waals surface area (Å²) in [6.45, 7) is 4.69. The number of likely N-dealkylation sites (N-methyl/N-ethyl adjacent to an activating group) is 2. The fourth-order valence-corrected chi connectivity index (χ4v) is 3.60. The van der Waals surface area contributed by atoms with E-state index < -0.39 is 0 Å². The van der Waals surface area contributed by atoms with E-state index in [1.165, 1.54) is 38.5 Å². The Bertz CT molecular complexity index is 191. The van der Waals surface area contributed by atoms with Gasteiger partial charge in [0.15, 0.2) is 0 Å². The van der Waals surface area contributed by atoms with Crippen molar-refractivity contribution in [3.63, 3.8) is 0 Å². The highest BCUT2D eigenvalue weighted by Gasteiger charge is 2.41. The molecule has 0 aromatic heterocycles. The fraction of sp³-hybridized carbons (Fsp3) is 1.00. The summed E-state index contributed by atoms with van der Waals surface area (Å²) in [5, 5.41) is 3.58. The molecule has 0 aromatic rings. The van der Waals surface area contributed by atoms with E-state index in [0.717, 1.165) is 0 Å². The molecule has 0 radical (unpaired) electrons. The molecule has 1 saturated carbocycles. The lowest BCUT2D eigenvalue weighted by Gasteiger charge is -2.47. The average molecular weight is 226 g/mol. The van der Waals surface area contributed by atoms with Crippen molar-refractivity contribution in [1.29, 1.82) is 0 Å². The Kier molecular flexibility index (Phi) is 5.26. The molecule has 1 N–H and O–H groups in total. The Morgan fingerprint density at radius 2 is 1.50 bits per heavy atom. The van der Waals surface area contributed by atoms with Gasteiger partial charge in [0.2, 0.25) is 0 Å². The minimum Gasteiger partial charge on any atom is -0.315 e. The lowest BCUT2D eigenvalue weighted by molar-refractivity contribution is 0.0633. The highest BCUT2D eigenvalue weighted by Crippen LogP contribution is 2.36. The Morgan fingerprint density at radius 3 is 1.81 bits per heavy atom. The normalized spacial score (nSPS) is 23.4. The van der Waals surface area contributed by atoms with E-state index in [1.807, 2.05) is 0 Å². The Balaban J connectivity index is 2.92. The molecule has 0 bridgehead atoms. The maximum atomic E-state index is 3.58. The van der Waals surface area contributed by atoms with E-state index in [9.17, 15) is 0 Å². The first-order valence-electron chi connectivity index (χ1n) is 6.89. The van der Waals surface area contributed by atoms with E-state index in [-0.39, 0.29) is 0 Å². The summed E-state index contributed by atoms with van der Waals surface area (Å²) in [5.41, 5.74) is 0.374. The molecule has 0 aliphatic heterocycles. The lowest BCUT2D eigenvalue weighted by atomic mass is 9.76. The lowest BCUT2D eigenvalue weighted by Crippen LogP contribution is -2.60. The van der Waals surface area contributed by atoms with Crippen LogP contribution in [0.15, 0.2) is 0 Å². The van der Waals surface area contributed by atoms with Crippen LogP contribution < -0.4 is 5.32 Å². The van der Waals surface area contributed by atoms with Crippen molar-refractivity contribution < 1.29 is 0 Å². The zero-order valence-corrected chi connectivity index (χ0v) is 11.8. The van der Waals surface area contributed by atoms with Crippen molar-refractivity contribution >= 4 is 0 Å². The predicted octanol–water partition coefficient (Wildman–Crippen LogP) is 2.89. The fourth-order valence-electron chi connectivity index (χ4n) is 3.60. The molecule has 1 atom stereocenters. The van der Waals surface area contributed by atoms with E-state index >= 15 is 0 Å². The molecule has 0 saturated heterocycles. The molecule has 2 heteroatoms. The van der Waals surface area contributed by atoms with Crippen molar-refractivity contribution in [2.75, 3.05) is 21.1 Å². The molecule has 1 aliphatic carbocycles. The smallest absolute Gasteiger partial charge is 0.0358 e. The summed E-state index contributed by atoms with van der Waals surface area (Å²) < 4.78 is 0. The van der Waals surface area contributed by atoms with Gasteiger partial charge in [-0.3, -0.25) is 0 Å². The zero-order chi connectivity index (χ0) is 12.2. The minimum absolute atomic E-state index is 0.374. The SMILES string of the molecule is CNC(C(C)C)C1(N(C)C)CCCCCC1. The van der Waals surface area contributed by atoms with Crippen LogP contribution in [0.3, 0.4) is 0 Å². The largest absolute Gasteiger partial charge is 0.315 e. The second kappa shape index (κ2) is 6.02. The van der Waals surface area contributed by atoms with Crippen LogP contribution in [0.4, 0.5) is 0 Å². The van der Waals surface area contributed by atoms with Crippen LogP contribution in [0.5, 0.6) is 0 Å². The van der Waals surface area contributed by atoms with Crippen LogP contribution in [0, 0.1) is 5.92 Å². The third-order valence-corrected chi connectivity index (χ3v) is 4.42. The molecule has 1 fully saturated rings. The van der Waals surface area contributed by atoms with Crippen molar-refractivity contribution in [1.82, 2.24) is 10.2 Å². The quantitative estimate of drug-likeness (QED) is 0.742. The number of hydrogen-bond donors (Lipinski definition) is 1. The van der Waals surface area contributed by atoms with Gasteiger partial charge >= 0.3 is 0 Å². The highest BCUT2D eigenvalue weighted by atomic mass is 15.2. The molecule has 96 valence electrons. The highest BCUT2D eigenvalue weighted by molar-refractivity contribution is 5.00. The van der Waals surface area contributed by atoms with Crippen molar-refractivity contribution in [3.8, 4) is 0 Å². The molecule has 0 spiro atoms. The van der Waals surface area contributed by atoms with Crippen LogP contribution >= 0.6 is 0 Å². The summed E-state index contributed by atoms with van der Waals surface area (Å²) >= 11 is 0. The first kappa shape index (κ1) is 14.0. The van der Waals surface area contributed by atoms with Crippen molar-refractivity contribution in [3.05, 3.63) is 0 Å². The van der Waals surface area contributed by atoms with Gasteiger partial charge in [-0.2, -0.15) is 0 Å². The van der Waals surface area contributed by atoms with E-state index in [4.69, 9.17) is 0 Å². The van der Waals surface area contributed by atoms with Gasteiger partial charge in [-0.05, 0) is 39.9 Å². The summed E-state index contributed by atoms with van der Waals surface area (Å²) in [4.78, 5) is 2.49. The van der Waals surface area contributed by atoms with Gasteiger partial charge in [0, 0.05) is 11.6 Å². The molecule has 0 amide bonds. The van der Waals surface area contributed by atoms with Gasteiger partial charge < -0.3 is 10.2 Å². The van der Waals surface area contributed by atoms with E-state index in [0.29, 0.717) is 17.5 Å². The van der Waals surface area contributed by atoms with Gasteiger partial charge in [-0.15, -0.1) is 0 Å². The third kappa shape index (κ3) is 2.78. The molecule has 1 rings (SSSR count). The first-order valence-corrected chi connectivity index (χ1v) is 6.89. The monoisotopic (exact) mass is 226 g/mol. The van der Waals surface area contributed by atoms with E-state index in [1.54, 1.807) is 0 Å². The van der Waals surface area contributed by atoms with Gasteiger partial charge in [-0.25, -0.2) is 0 Å². The van der Waals surface area contributed by atoms with Crippen LogP contribution in [0.1, 0.15) is 52.4 Å². The Labute approximate surface area is 102 Å². The van der Waals surface area contributed by atoms with Gasteiger partial charge in [0.25, 0.3) is 0 Å². The standard InChI is InChI=1S/C14H30N2/c1-12(2)13(15-3)14(16(4)5)10-8-6-7-9-11-14/h12-13,15H,6-11H2,1-5H3. The summed E-state index contributed by atoms with van der Waals surface area (Å²) in [6.07, 6.45) is 8.33. The maximum absolute atomic E-state index is 3.58. The zero-order valence-electron chi connectivity index (χ0n) is 11.8. The second-order valence-corrected chi connectivity index (χ2v) is 5.92. The molecule has 2 nitrogen and oxygen atoms in total. The first-order chi connectivity index (χ1) is 7.54. The minimum atomic E-state index is 0.374. The van der Waals surface area contributed by atoms with Gasteiger partial charge in [0.05, 0.1) is 0 Å². The average Bonchev–Trinajstić information content (AvgIpc) is 2.45. The molecular weight excluding hydrogens is 196 g/mol. The third-order valence-electron chi connectivity index (χ3n) is 4.42. The van der Waals surface area contributed by atoms with Crippen LogP contribution in [-0.2, 0) is 0 Å². The molecule has 16 heavy (non-hydrogen) atoms.